The van der Waals surface area contributed by atoms with Gasteiger partial charge in [0.15, 0.2) is 0 Å². The van der Waals surface area contributed by atoms with Crippen LogP contribution in [0.3, 0.4) is 0 Å². The summed E-state index contributed by atoms with van der Waals surface area (Å²) in [5, 5.41) is 3.45. The van der Waals surface area contributed by atoms with Gasteiger partial charge >= 0.3 is 0 Å². The summed E-state index contributed by atoms with van der Waals surface area (Å²) >= 11 is 0. The van der Waals surface area contributed by atoms with Gasteiger partial charge in [0.05, 0.1) is 12.8 Å². The average molecular weight is 259 g/mol. The van der Waals surface area contributed by atoms with E-state index in [1.165, 1.54) is 12.8 Å². The second-order valence-corrected chi connectivity index (χ2v) is 5.33. The van der Waals surface area contributed by atoms with Gasteiger partial charge < -0.3 is 9.73 Å². The first-order valence-corrected chi connectivity index (χ1v) is 6.72. The molecule has 1 aromatic heterocycles. The SMILES string of the molecule is Cc1cc(F)cc(C)c1-c1ccoc1CNC1CC1. The summed E-state index contributed by atoms with van der Waals surface area (Å²) in [5.74, 6) is 0.754. The molecule has 1 N–H and O–H groups in total. The van der Waals surface area contributed by atoms with Crippen LogP contribution in [0.2, 0.25) is 0 Å². The summed E-state index contributed by atoms with van der Waals surface area (Å²) in [6.07, 6.45) is 4.22. The van der Waals surface area contributed by atoms with Crippen LogP contribution in [0, 0.1) is 19.7 Å². The number of nitrogens with one attached hydrogen (secondary N) is 1. The van der Waals surface area contributed by atoms with Gasteiger partial charge in [-0.05, 0) is 61.6 Å². The maximum absolute atomic E-state index is 13.4. The van der Waals surface area contributed by atoms with Crippen LogP contribution < -0.4 is 5.32 Å². The number of rotatable bonds is 4. The van der Waals surface area contributed by atoms with E-state index in [9.17, 15) is 4.39 Å². The quantitative estimate of drug-likeness (QED) is 0.899. The van der Waals surface area contributed by atoms with Crippen LogP contribution in [0.4, 0.5) is 4.39 Å². The normalized spacial score (nSPS) is 14.9. The fraction of sp³-hybridized carbons (Fsp3) is 0.375. The lowest BCUT2D eigenvalue weighted by Gasteiger charge is -2.11. The molecule has 1 saturated carbocycles. The smallest absolute Gasteiger partial charge is 0.125 e. The summed E-state index contributed by atoms with van der Waals surface area (Å²) < 4.78 is 19.0. The standard InChI is InChI=1S/C16H18FNO/c1-10-7-12(17)8-11(2)16(10)14-5-6-19-15(14)9-18-13-3-4-13/h5-8,13,18H,3-4,9H2,1-2H3. The molecule has 1 aliphatic carbocycles. The highest BCUT2D eigenvalue weighted by Gasteiger charge is 2.22. The second kappa shape index (κ2) is 4.82. The van der Waals surface area contributed by atoms with Crippen LogP contribution in [0.1, 0.15) is 29.7 Å². The average Bonchev–Trinajstić information content (AvgIpc) is 3.06. The molecule has 3 rings (SSSR count). The Morgan fingerprint density at radius 1 is 1.26 bits per heavy atom. The number of hydrogen-bond donors (Lipinski definition) is 1. The van der Waals surface area contributed by atoms with E-state index in [1.807, 2.05) is 19.9 Å². The largest absolute Gasteiger partial charge is 0.467 e. The van der Waals surface area contributed by atoms with E-state index in [4.69, 9.17) is 4.42 Å². The number of furan rings is 1. The van der Waals surface area contributed by atoms with Crippen molar-refractivity contribution in [3.8, 4) is 11.1 Å². The minimum atomic E-state index is -0.181. The van der Waals surface area contributed by atoms with Crippen LogP contribution in [-0.2, 0) is 6.54 Å². The molecule has 1 fully saturated rings. The van der Waals surface area contributed by atoms with Gasteiger partial charge in [-0.25, -0.2) is 4.39 Å². The molecule has 0 bridgehead atoms. The minimum absolute atomic E-state index is 0.181. The fourth-order valence-corrected chi connectivity index (χ4v) is 2.56. The highest BCUT2D eigenvalue weighted by atomic mass is 19.1. The Morgan fingerprint density at radius 3 is 2.58 bits per heavy atom. The first kappa shape index (κ1) is 12.4. The molecule has 0 aliphatic heterocycles. The molecule has 3 heteroatoms. The summed E-state index contributed by atoms with van der Waals surface area (Å²) in [6.45, 7) is 4.62. The molecular formula is C16H18FNO. The molecule has 100 valence electrons. The van der Waals surface area contributed by atoms with Crippen molar-refractivity contribution in [3.05, 3.63) is 47.2 Å². The van der Waals surface area contributed by atoms with E-state index in [0.717, 1.165) is 34.6 Å². The Balaban J connectivity index is 1.95. The van der Waals surface area contributed by atoms with E-state index >= 15 is 0 Å². The molecule has 0 atom stereocenters. The third-order valence-electron chi connectivity index (χ3n) is 3.64. The van der Waals surface area contributed by atoms with E-state index in [2.05, 4.69) is 5.32 Å². The van der Waals surface area contributed by atoms with Crippen LogP contribution in [0.5, 0.6) is 0 Å². The molecule has 1 heterocycles. The summed E-state index contributed by atoms with van der Waals surface area (Å²) in [5.41, 5.74) is 4.06. The highest BCUT2D eigenvalue weighted by Crippen LogP contribution is 2.32. The highest BCUT2D eigenvalue weighted by molar-refractivity contribution is 5.72. The molecule has 0 spiro atoms. The molecule has 19 heavy (non-hydrogen) atoms. The molecular weight excluding hydrogens is 241 g/mol. The minimum Gasteiger partial charge on any atom is -0.467 e. The first-order chi connectivity index (χ1) is 9.15. The van der Waals surface area contributed by atoms with Crippen molar-refractivity contribution in [2.45, 2.75) is 39.3 Å². The zero-order valence-corrected chi connectivity index (χ0v) is 11.3. The van der Waals surface area contributed by atoms with E-state index < -0.39 is 0 Å². The third-order valence-corrected chi connectivity index (χ3v) is 3.64. The van der Waals surface area contributed by atoms with Gasteiger partial charge in [-0.3, -0.25) is 0 Å². The molecule has 0 unspecified atom stereocenters. The number of aryl methyl sites for hydroxylation is 2. The predicted molar refractivity (Wildman–Crippen MR) is 73.4 cm³/mol. The van der Waals surface area contributed by atoms with E-state index in [-0.39, 0.29) is 5.82 Å². The van der Waals surface area contributed by atoms with Crippen molar-refractivity contribution in [1.29, 1.82) is 0 Å². The van der Waals surface area contributed by atoms with Gasteiger partial charge in [0.1, 0.15) is 11.6 Å². The molecule has 1 aliphatic rings. The summed E-state index contributed by atoms with van der Waals surface area (Å²) in [4.78, 5) is 0. The first-order valence-electron chi connectivity index (χ1n) is 6.72. The van der Waals surface area contributed by atoms with Gasteiger partial charge in [0.2, 0.25) is 0 Å². The number of hydrogen-bond acceptors (Lipinski definition) is 2. The number of halogens is 1. The van der Waals surface area contributed by atoms with Crippen molar-refractivity contribution >= 4 is 0 Å². The molecule has 1 aromatic carbocycles. The van der Waals surface area contributed by atoms with Gasteiger partial charge in [-0.2, -0.15) is 0 Å². The Kier molecular flexibility index (Phi) is 3.15. The van der Waals surface area contributed by atoms with Gasteiger partial charge in [0, 0.05) is 11.6 Å². The lowest BCUT2D eigenvalue weighted by molar-refractivity contribution is 0.483. The van der Waals surface area contributed by atoms with Crippen molar-refractivity contribution in [2.75, 3.05) is 0 Å². The molecule has 0 saturated heterocycles. The van der Waals surface area contributed by atoms with Crippen molar-refractivity contribution in [2.24, 2.45) is 0 Å². The Hall–Kier alpha value is -1.61. The topological polar surface area (TPSA) is 25.2 Å². The van der Waals surface area contributed by atoms with Crippen molar-refractivity contribution in [3.63, 3.8) is 0 Å². The van der Waals surface area contributed by atoms with Gasteiger partial charge in [-0.1, -0.05) is 0 Å². The number of benzene rings is 1. The van der Waals surface area contributed by atoms with Crippen LogP contribution in [-0.4, -0.2) is 6.04 Å². The van der Waals surface area contributed by atoms with Gasteiger partial charge in [-0.15, -0.1) is 0 Å². The van der Waals surface area contributed by atoms with E-state index in [0.29, 0.717) is 6.04 Å². The Morgan fingerprint density at radius 2 is 1.95 bits per heavy atom. The molecule has 0 amide bonds. The van der Waals surface area contributed by atoms with Crippen LogP contribution in [0.25, 0.3) is 11.1 Å². The van der Waals surface area contributed by atoms with Crippen molar-refractivity contribution in [1.82, 2.24) is 5.32 Å². The lowest BCUT2D eigenvalue weighted by atomic mass is 9.96. The van der Waals surface area contributed by atoms with Crippen molar-refractivity contribution < 1.29 is 8.81 Å². The second-order valence-electron chi connectivity index (χ2n) is 5.33. The van der Waals surface area contributed by atoms with Gasteiger partial charge in [0.25, 0.3) is 0 Å². The van der Waals surface area contributed by atoms with Crippen LogP contribution >= 0.6 is 0 Å². The fourth-order valence-electron chi connectivity index (χ4n) is 2.56. The zero-order chi connectivity index (χ0) is 13.4. The summed E-state index contributed by atoms with van der Waals surface area (Å²) in [6, 6.07) is 5.77. The lowest BCUT2D eigenvalue weighted by Crippen LogP contribution is -2.15. The van der Waals surface area contributed by atoms with Crippen LogP contribution in [0.15, 0.2) is 28.9 Å². The monoisotopic (exact) mass is 259 g/mol. The maximum Gasteiger partial charge on any atom is 0.125 e. The maximum atomic E-state index is 13.4. The molecule has 0 radical (unpaired) electrons. The Bertz CT molecular complexity index is 576. The third kappa shape index (κ3) is 2.56. The Labute approximate surface area is 112 Å². The molecule has 2 nitrogen and oxygen atoms in total. The zero-order valence-electron chi connectivity index (χ0n) is 11.3. The van der Waals surface area contributed by atoms with E-state index in [1.54, 1.807) is 18.4 Å². The predicted octanol–water partition coefficient (Wildman–Crippen LogP) is 3.95. The molecule has 2 aromatic rings. The summed E-state index contributed by atoms with van der Waals surface area (Å²) in [7, 11) is 0.